The first kappa shape index (κ1) is 34.8. The van der Waals surface area contributed by atoms with E-state index in [0.29, 0.717) is 23.6 Å². The van der Waals surface area contributed by atoms with Crippen molar-refractivity contribution in [2.75, 3.05) is 18.1 Å². The molecule has 2 aliphatic heterocycles. The second kappa shape index (κ2) is 15.2. The highest BCUT2D eigenvalue weighted by Crippen LogP contribution is 2.42. The number of ether oxygens (including phenoxy) is 1. The number of aromatic nitrogens is 2. The van der Waals surface area contributed by atoms with Crippen LogP contribution in [0.15, 0.2) is 82.8 Å². The van der Waals surface area contributed by atoms with Crippen LogP contribution in [0.4, 0.5) is 0 Å². The van der Waals surface area contributed by atoms with E-state index in [1.807, 2.05) is 29.6 Å². The van der Waals surface area contributed by atoms with Crippen molar-refractivity contribution in [2.45, 2.75) is 68.1 Å². The Labute approximate surface area is 291 Å². The summed E-state index contributed by atoms with van der Waals surface area (Å²) in [6.45, 7) is 11.3. The fraction of sp³-hybridized carbons (Fsp3) is 0.300. The van der Waals surface area contributed by atoms with Crippen LogP contribution in [-0.4, -0.2) is 45.1 Å². The second-order valence-corrected chi connectivity index (χ2v) is 15.0. The summed E-state index contributed by atoms with van der Waals surface area (Å²) in [6, 6.07) is 19.4. The molecule has 0 fully saturated rings. The van der Waals surface area contributed by atoms with E-state index < -0.39 is 5.97 Å². The van der Waals surface area contributed by atoms with Crippen molar-refractivity contribution >= 4 is 35.5 Å². The van der Waals surface area contributed by atoms with Gasteiger partial charge in [-0.2, -0.15) is 0 Å². The normalized spacial score (nSPS) is 15.0. The number of carbonyl (C=O) groups is 2. The smallest absolute Gasteiger partial charge is 0.339 e. The first-order valence-electron chi connectivity index (χ1n) is 15.9. The number of esters is 1. The molecule has 4 heterocycles. The van der Waals surface area contributed by atoms with Crippen LogP contribution in [0.25, 0.3) is 0 Å². The van der Waals surface area contributed by atoms with Crippen LogP contribution in [0, 0.1) is 23.7 Å². The highest BCUT2D eigenvalue weighted by atomic mass is 32.2. The van der Waals surface area contributed by atoms with E-state index >= 15 is 0 Å². The van der Waals surface area contributed by atoms with E-state index in [0.717, 1.165) is 16.9 Å². The van der Waals surface area contributed by atoms with Gasteiger partial charge in [0.2, 0.25) is 0 Å². The summed E-state index contributed by atoms with van der Waals surface area (Å²) in [7, 11) is 0. The number of aromatic carboxylic acids is 1. The van der Waals surface area contributed by atoms with Gasteiger partial charge in [0.1, 0.15) is 11.4 Å². The zero-order valence-corrected chi connectivity index (χ0v) is 29.5. The van der Waals surface area contributed by atoms with Crippen molar-refractivity contribution < 1.29 is 19.4 Å². The zero-order valence-electron chi connectivity index (χ0n) is 27.8. The SMILES string of the molecule is CC1(C)CCSc2ccc(C#Cc3ccc(C(=O)O)cn3)cc21.CCOC(=O)c1ccc(C#Cc2ccc3c(c2)C(C)(C)CCS3)nc1. The maximum Gasteiger partial charge on any atom is 0.339 e. The fourth-order valence-electron chi connectivity index (χ4n) is 5.30. The Morgan fingerprint density at radius 2 is 1.21 bits per heavy atom. The molecule has 8 heteroatoms. The number of carbonyl (C=O) groups excluding carboxylic acids is 1. The van der Waals surface area contributed by atoms with Crippen molar-refractivity contribution in [3.05, 3.63) is 118 Å². The largest absolute Gasteiger partial charge is 0.478 e. The van der Waals surface area contributed by atoms with Crippen molar-refractivity contribution in [3.8, 4) is 23.7 Å². The molecule has 0 radical (unpaired) electrons. The molecule has 244 valence electrons. The molecular formula is C40H38N2O4S2. The van der Waals surface area contributed by atoms with Gasteiger partial charge in [-0.3, -0.25) is 0 Å². The lowest BCUT2D eigenvalue weighted by Crippen LogP contribution is -2.22. The summed E-state index contributed by atoms with van der Waals surface area (Å²) in [5, 5.41) is 8.87. The molecule has 48 heavy (non-hydrogen) atoms. The molecule has 1 N–H and O–H groups in total. The number of nitrogens with zero attached hydrogens (tertiary/aromatic N) is 2. The van der Waals surface area contributed by atoms with Crippen molar-refractivity contribution in [1.82, 2.24) is 9.97 Å². The van der Waals surface area contributed by atoms with Crippen LogP contribution >= 0.6 is 23.5 Å². The lowest BCUT2D eigenvalue weighted by Gasteiger charge is -2.32. The number of carboxylic acids is 1. The van der Waals surface area contributed by atoms with Crippen molar-refractivity contribution in [3.63, 3.8) is 0 Å². The standard InChI is InChI=1S/C21H21NO2S.C19H17NO2S/c1-4-24-20(23)16-7-9-17(22-14-16)8-5-15-6-10-19-18(13-15)21(2,3)11-12-25-19;1-19(2)9-10-23-17-8-4-13(11-16(17)19)3-6-15-7-5-14(12-20-15)18(21)22/h6-7,9-10,13-14H,4,11-12H2,1-3H3;4-5,7-8,11-12H,9-10H2,1-2H3,(H,21,22). The average molecular weight is 675 g/mol. The molecule has 0 saturated heterocycles. The summed E-state index contributed by atoms with van der Waals surface area (Å²) in [4.78, 5) is 33.5. The topological polar surface area (TPSA) is 89.4 Å². The molecule has 0 bridgehead atoms. The van der Waals surface area contributed by atoms with Gasteiger partial charge in [-0.15, -0.1) is 23.5 Å². The molecule has 0 atom stereocenters. The van der Waals surface area contributed by atoms with Crippen LogP contribution in [0.5, 0.6) is 0 Å². The van der Waals surface area contributed by atoms with Crippen LogP contribution in [0.3, 0.4) is 0 Å². The Morgan fingerprint density at radius 1 is 0.729 bits per heavy atom. The van der Waals surface area contributed by atoms with Gasteiger partial charge in [0.15, 0.2) is 0 Å². The van der Waals surface area contributed by atoms with E-state index in [2.05, 4.69) is 91.7 Å². The van der Waals surface area contributed by atoms with Crippen LogP contribution in [0.1, 0.15) is 102 Å². The molecule has 0 unspecified atom stereocenters. The van der Waals surface area contributed by atoms with Gasteiger partial charge < -0.3 is 9.84 Å². The summed E-state index contributed by atoms with van der Waals surface area (Å²) in [5.41, 5.74) is 6.88. The van der Waals surface area contributed by atoms with Crippen LogP contribution < -0.4 is 0 Å². The number of hydrogen-bond acceptors (Lipinski definition) is 7. The highest BCUT2D eigenvalue weighted by molar-refractivity contribution is 7.99. The van der Waals surface area contributed by atoms with E-state index in [4.69, 9.17) is 9.84 Å². The summed E-state index contributed by atoms with van der Waals surface area (Å²) in [6.07, 6.45) is 5.19. The molecule has 2 aliphatic rings. The molecule has 0 amide bonds. The zero-order chi connectivity index (χ0) is 34.3. The lowest BCUT2D eigenvalue weighted by atomic mass is 9.81. The van der Waals surface area contributed by atoms with Gasteiger partial charge in [-0.1, -0.05) is 39.5 Å². The van der Waals surface area contributed by atoms with Gasteiger partial charge in [-0.05, 0) is 126 Å². The number of carboxylic acid groups (broad SMARTS) is 1. The number of benzene rings is 2. The molecule has 0 spiro atoms. The van der Waals surface area contributed by atoms with E-state index in [1.54, 1.807) is 25.1 Å². The molecular weight excluding hydrogens is 637 g/mol. The lowest BCUT2D eigenvalue weighted by molar-refractivity contribution is 0.0525. The predicted molar refractivity (Wildman–Crippen MR) is 193 cm³/mol. The number of hydrogen-bond donors (Lipinski definition) is 1. The number of fused-ring (bicyclic) bond motifs is 2. The summed E-state index contributed by atoms with van der Waals surface area (Å²) in [5.74, 6) is 13.4. The second-order valence-electron chi connectivity index (χ2n) is 12.8. The van der Waals surface area contributed by atoms with Crippen LogP contribution in [0.2, 0.25) is 0 Å². The Hall–Kier alpha value is -4.50. The average Bonchev–Trinajstić information content (AvgIpc) is 3.07. The maximum atomic E-state index is 11.6. The minimum Gasteiger partial charge on any atom is -0.478 e. The van der Waals surface area contributed by atoms with Crippen LogP contribution in [-0.2, 0) is 15.6 Å². The molecule has 6 nitrogen and oxygen atoms in total. The number of thioether (sulfide) groups is 2. The van der Waals surface area contributed by atoms with Gasteiger partial charge in [0.05, 0.1) is 17.7 Å². The molecule has 6 rings (SSSR count). The third-order valence-corrected chi connectivity index (χ3v) is 10.5. The summed E-state index contributed by atoms with van der Waals surface area (Å²) < 4.78 is 4.95. The quantitative estimate of drug-likeness (QED) is 0.171. The Morgan fingerprint density at radius 3 is 1.62 bits per heavy atom. The maximum absolute atomic E-state index is 11.6. The minimum atomic E-state index is -0.980. The molecule has 0 saturated carbocycles. The van der Waals surface area contributed by atoms with Crippen molar-refractivity contribution in [2.24, 2.45) is 0 Å². The Bertz CT molecular complexity index is 1940. The third-order valence-electron chi connectivity index (χ3n) is 8.34. The Kier molecular flexibility index (Phi) is 11.0. The highest BCUT2D eigenvalue weighted by Gasteiger charge is 2.28. The molecule has 2 aromatic heterocycles. The summed E-state index contributed by atoms with van der Waals surface area (Å²) >= 11 is 3.82. The van der Waals surface area contributed by atoms with Gasteiger partial charge in [0.25, 0.3) is 0 Å². The first-order valence-corrected chi connectivity index (χ1v) is 17.8. The van der Waals surface area contributed by atoms with Gasteiger partial charge in [0, 0.05) is 33.3 Å². The third kappa shape index (κ3) is 8.69. The molecule has 0 aliphatic carbocycles. The fourth-order valence-corrected chi connectivity index (χ4v) is 8.27. The first-order chi connectivity index (χ1) is 22.9. The van der Waals surface area contributed by atoms with E-state index in [-0.39, 0.29) is 22.4 Å². The predicted octanol–water partition coefficient (Wildman–Crippen LogP) is 8.38. The van der Waals surface area contributed by atoms with E-state index in [9.17, 15) is 9.59 Å². The monoisotopic (exact) mass is 674 g/mol. The number of rotatable bonds is 3. The molecule has 2 aromatic carbocycles. The Balaban J connectivity index is 0.000000188. The number of pyridine rings is 2. The minimum absolute atomic E-state index is 0.170. The van der Waals surface area contributed by atoms with E-state index in [1.165, 1.54) is 58.0 Å². The molecule has 4 aromatic rings. The van der Waals surface area contributed by atoms with Crippen molar-refractivity contribution in [1.29, 1.82) is 0 Å². The van der Waals surface area contributed by atoms with Gasteiger partial charge >= 0.3 is 11.9 Å². The van der Waals surface area contributed by atoms with Gasteiger partial charge in [-0.25, -0.2) is 19.6 Å².